The van der Waals surface area contributed by atoms with Crippen molar-refractivity contribution >= 4 is 5.91 Å². The van der Waals surface area contributed by atoms with Crippen molar-refractivity contribution in [3.05, 3.63) is 41.1 Å². The van der Waals surface area contributed by atoms with Crippen LogP contribution in [0.3, 0.4) is 0 Å². The summed E-state index contributed by atoms with van der Waals surface area (Å²) >= 11 is 0. The van der Waals surface area contributed by atoms with Gasteiger partial charge < -0.3 is 5.32 Å². The number of aryl methyl sites for hydroxylation is 1. The van der Waals surface area contributed by atoms with Gasteiger partial charge in [0.2, 0.25) is 0 Å². The van der Waals surface area contributed by atoms with Crippen LogP contribution in [-0.4, -0.2) is 21.7 Å². The van der Waals surface area contributed by atoms with Gasteiger partial charge in [-0.15, -0.1) is 0 Å². The number of hydrogen-bond acceptors (Lipinski definition) is 2. The average molecular weight is 417 g/mol. The van der Waals surface area contributed by atoms with Crippen molar-refractivity contribution in [3.63, 3.8) is 0 Å². The van der Waals surface area contributed by atoms with Crippen LogP contribution in [0.25, 0.3) is 11.3 Å². The Morgan fingerprint density at radius 2 is 1.67 bits per heavy atom. The highest BCUT2D eigenvalue weighted by Crippen LogP contribution is 2.53. The second-order valence-electron chi connectivity index (χ2n) is 9.42. The molecule has 0 atom stereocenters. The predicted octanol–water partition coefficient (Wildman–Crippen LogP) is 4.97. The van der Waals surface area contributed by atoms with Crippen molar-refractivity contribution in [2.24, 2.45) is 30.7 Å². The Morgan fingerprint density at radius 1 is 1.07 bits per heavy atom. The molecule has 0 radical (unpaired) electrons. The van der Waals surface area contributed by atoms with Gasteiger partial charge in [-0.3, -0.25) is 9.48 Å². The van der Waals surface area contributed by atoms with Gasteiger partial charge in [0, 0.05) is 24.2 Å². The van der Waals surface area contributed by atoms with Crippen LogP contribution in [0.2, 0.25) is 0 Å². The number of benzene rings is 1. The standard InChI is InChI=1S/C23H26F3N3O/c1-12-19(22(30)27-20-15-8-13-7-14(10-15)11-16(20)9-13)28-29(2)21(12)17-5-3-4-6-18(17)23(24,25)26/h3-6,13-16,20H,7-11H2,1-2H3,(H,27,30). The van der Waals surface area contributed by atoms with E-state index in [1.165, 1.54) is 48.9 Å². The minimum absolute atomic E-state index is 0.0474. The number of aromatic nitrogens is 2. The molecule has 2 aromatic rings. The van der Waals surface area contributed by atoms with Gasteiger partial charge in [0.25, 0.3) is 5.91 Å². The number of carbonyl (C=O) groups excluding carboxylic acids is 1. The van der Waals surface area contributed by atoms with E-state index in [-0.39, 0.29) is 23.2 Å². The SMILES string of the molecule is Cc1c(C(=O)NC2C3CC4CC(C3)CC2C4)nn(C)c1-c1ccccc1C(F)(F)F. The molecule has 1 aromatic carbocycles. The molecule has 4 saturated carbocycles. The molecule has 160 valence electrons. The number of amides is 1. The van der Waals surface area contributed by atoms with Crippen molar-refractivity contribution in [3.8, 4) is 11.3 Å². The molecule has 1 aromatic heterocycles. The minimum atomic E-state index is -4.48. The van der Waals surface area contributed by atoms with Crippen molar-refractivity contribution in [1.82, 2.24) is 15.1 Å². The third-order valence-corrected chi connectivity index (χ3v) is 7.51. The van der Waals surface area contributed by atoms with E-state index in [9.17, 15) is 18.0 Å². The highest BCUT2D eigenvalue weighted by atomic mass is 19.4. The van der Waals surface area contributed by atoms with Crippen molar-refractivity contribution in [2.45, 2.75) is 51.2 Å². The summed E-state index contributed by atoms with van der Waals surface area (Å²) in [6.45, 7) is 1.68. The molecule has 4 nitrogen and oxygen atoms in total. The van der Waals surface area contributed by atoms with Crippen LogP contribution in [0.5, 0.6) is 0 Å². The maximum atomic E-state index is 13.5. The molecule has 7 heteroatoms. The molecule has 1 amide bonds. The molecule has 1 heterocycles. The molecule has 4 aliphatic rings. The fraction of sp³-hybridized carbons (Fsp3) is 0.565. The fourth-order valence-electron chi connectivity index (χ4n) is 6.54. The van der Waals surface area contributed by atoms with E-state index < -0.39 is 11.7 Å². The van der Waals surface area contributed by atoms with Gasteiger partial charge >= 0.3 is 6.18 Å². The Bertz CT molecular complexity index is 966. The van der Waals surface area contributed by atoms with Crippen LogP contribution in [0.4, 0.5) is 13.2 Å². The van der Waals surface area contributed by atoms with Crippen LogP contribution in [-0.2, 0) is 13.2 Å². The first-order valence-corrected chi connectivity index (χ1v) is 10.7. The molecule has 1 N–H and O–H groups in total. The molecule has 0 unspecified atom stereocenters. The average Bonchev–Trinajstić information content (AvgIpc) is 2.97. The van der Waals surface area contributed by atoms with E-state index in [0.29, 0.717) is 23.1 Å². The van der Waals surface area contributed by atoms with E-state index in [1.807, 2.05) is 0 Å². The molecule has 0 saturated heterocycles. The molecule has 4 aliphatic carbocycles. The third-order valence-electron chi connectivity index (χ3n) is 7.51. The lowest BCUT2D eigenvalue weighted by molar-refractivity contribution is -0.137. The quantitative estimate of drug-likeness (QED) is 0.767. The minimum Gasteiger partial charge on any atom is -0.347 e. The molecule has 30 heavy (non-hydrogen) atoms. The Kier molecular flexibility index (Phi) is 4.49. The topological polar surface area (TPSA) is 46.9 Å². The van der Waals surface area contributed by atoms with Gasteiger partial charge in [0.15, 0.2) is 5.69 Å². The summed E-state index contributed by atoms with van der Waals surface area (Å²) in [6.07, 6.45) is 1.60. The van der Waals surface area contributed by atoms with Crippen molar-refractivity contribution < 1.29 is 18.0 Å². The monoisotopic (exact) mass is 417 g/mol. The normalized spacial score (nSPS) is 30.0. The Hall–Kier alpha value is -2.31. The fourth-order valence-corrected chi connectivity index (χ4v) is 6.54. The highest BCUT2D eigenvalue weighted by Gasteiger charge is 2.48. The second-order valence-corrected chi connectivity index (χ2v) is 9.42. The third kappa shape index (κ3) is 3.13. The van der Waals surface area contributed by atoms with Gasteiger partial charge in [-0.1, -0.05) is 18.2 Å². The largest absolute Gasteiger partial charge is 0.417 e. The first kappa shape index (κ1) is 19.6. The summed E-state index contributed by atoms with van der Waals surface area (Å²) in [5.74, 6) is 2.40. The van der Waals surface area contributed by atoms with Crippen molar-refractivity contribution in [2.75, 3.05) is 0 Å². The summed E-state index contributed by atoms with van der Waals surface area (Å²) in [6, 6.07) is 5.61. The van der Waals surface area contributed by atoms with E-state index in [4.69, 9.17) is 0 Å². The molecular weight excluding hydrogens is 391 g/mol. The maximum Gasteiger partial charge on any atom is 0.417 e. The number of nitrogens with zero attached hydrogens (tertiary/aromatic N) is 2. The summed E-state index contributed by atoms with van der Waals surface area (Å²) in [4.78, 5) is 13.1. The van der Waals surface area contributed by atoms with Gasteiger partial charge in [0.1, 0.15) is 0 Å². The number of halogens is 3. The maximum absolute atomic E-state index is 13.5. The molecule has 4 bridgehead atoms. The van der Waals surface area contributed by atoms with Gasteiger partial charge in [0.05, 0.1) is 11.3 Å². The van der Waals surface area contributed by atoms with E-state index in [0.717, 1.165) is 17.9 Å². The predicted molar refractivity (Wildman–Crippen MR) is 107 cm³/mol. The summed E-state index contributed by atoms with van der Waals surface area (Å²) < 4.78 is 42.0. The van der Waals surface area contributed by atoms with Gasteiger partial charge in [-0.25, -0.2) is 0 Å². The zero-order chi connectivity index (χ0) is 21.2. The summed E-state index contributed by atoms with van der Waals surface area (Å²) in [7, 11) is 1.59. The van der Waals surface area contributed by atoms with E-state index in [1.54, 1.807) is 20.0 Å². The van der Waals surface area contributed by atoms with Gasteiger partial charge in [-0.2, -0.15) is 18.3 Å². The van der Waals surface area contributed by atoms with Crippen LogP contribution in [0.1, 0.15) is 53.7 Å². The van der Waals surface area contributed by atoms with Gasteiger partial charge in [-0.05, 0) is 68.8 Å². The summed E-state index contributed by atoms with van der Waals surface area (Å²) in [5.41, 5.74) is 0.363. The number of carbonyl (C=O) groups is 1. The number of nitrogens with one attached hydrogen (secondary N) is 1. The smallest absolute Gasteiger partial charge is 0.347 e. The zero-order valence-electron chi connectivity index (χ0n) is 17.2. The highest BCUT2D eigenvalue weighted by molar-refractivity contribution is 5.95. The van der Waals surface area contributed by atoms with Crippen LogP contribution < -0.4 is 5.32 Å². The van der Waals surface area contributed by atoms with E-state index >= 15 is 0 Å². The first-order valence-electron chi connectivity index (χ1n) is 10.7. The Labute approximate surface area is 173 Å². The Morgan fingerprint density at radius 3 is 2.27 bits per heavy atom. The molecular formula is C23H26F3N3O. The van der Waals surface area contributed by atoms with Crippen LogP contribution >= 0.6 is 0 Å². The summed E-state index contributed by atoms with van der Waals surface area (Å²) in [5, 5.41) is 7.55. The Balaban J connectivity index is 1.44. The van der Waals surface area contributed by atoms with Crippen LogP contribution in [0.15, 0.2) is 24.3 Å². The van der Waals surface area contributed by atoms with E-state index in [2.05, 4.69) is 10.4 Å². The van der Waals surface area contributed by atoms with Crippen molar-refractivity contribution in [1.29, 1.82) is 0 Å². The zero-order valence-corrected chi connectivity index (χ0v) is 17.2. The number of rotatable bonds is 3. The lowest BCUT2D eigenvalue weighted by Gasteiger charge is -2.54. The molecule has 6 rings (SSSR count). The number of alkyl halides is 3. The van der Waals surface area contributed by atoms with Crippen LogP contribution in [0, 0.1) is 30.6 Å². The molecule has 0 spiro atoms. The number of hydrogen-bond donors (Lipinski definition) is 1. The molecule has 4 fully saturated rings. The molecule has 0 aliphatic heterocycles. The second kappa shape index (κ2) is 6.86. The first-order chi connectivity index (χ1) is 14.2. The lowest BCUT2D eigenvalue weighted by Crippen LogP contribution is -2.55. The lowest BCUT2D eigenvalue weighted by atomic mass is 9.54.